The SMILES string of the molecule is CC(C)c1cc(C(=O)O)c2ccc(Cl)cc2n1. The standard InChI is InChI=1S/C13H12ClNO2/c1-7(2)11-6-10(13(16)17)9-4-3-8(14)5-12(9)15-11/h3-7H,1-2H3,(H,16,17). The quantitative estimate of drug-likeness (QED) is 0.883. The summed E-state index contributed by atoms with van der Waals surface area (Å²) >= 11 is 5.90. The maximum absolute atomic E-state index is 11.2. The van der Waals surface area contributed by atoms with Crippen molar-refractivity contribution in [3.05, 3.63) is 40.5 Å². The van der Waals surface area contributed by atoms with Gasteiger partial charge < -0.3 is 5.11 Å². The van der Waals surface area contributed by atoms with Crippen LogP contribution in [0.15, 0.2) is 24.3 Å². The monoisotopic (exact) mass is 249 g/mol. The van der Waals surface area contributed by atoms with Gasteiger partial charge in [0.2, 0.25) is 0 Å². The number of aromatic nitrogens is 1. The van der Waals surface area contributed by atoms with Gasteiger partial charge in [0.1, 0.15) is 0 Å². The number of rotatable bonds is 2. The normalized spacial score (nSPS) is 11.1. The van der Waals surface area contributed by atoms with Crippen molar-refractivity contribution in [1.82, 2.24) is 4.98 Å². The van der Waals surface area contributed by atoms with Crippen molar-refractivity contribution in [2.24, 2.45) is 0 Å². The molecule has 1 aromatic heterocycles. The predicted molar refractivity (Wildman–Crippen MR) is 67.8 cm³/mol. The van der Waals surface area contributed by atoms with E-state index in [4.69, 9.17) is 11.6 Å². The second-order valence-corrected chi connectivity index (χ2v) is 4.65. The van der Waals surface area contributed by atoms with E-state index >= 15 is 0 Å². The number of halogens is 1. The van der Waals surface area contributed by atoms with Crippen LogP contribution in [0.25, 0.3) is 10.9 Å². The van der Waals surface area contributed by atoms with Crippen molar-refractivity contribution in [2.75, 3.05) is 0 Å². The van der Waals surface area contributed by atoms with Gasteiger partial charge in [0.05, 0.1) is 11.1 Å². The van der Waals surface area contributed by atoms with Gasteiger partial charge in [-0.15, -0.1) is 0 Å². The van der Waals surface area contributed by atoms with Gasteiger partial charge in [0.25, 0.3) is 0 Å². The Kier molecular flexibility index (Phi) is 3.03. The highest BCUT2D eigenvalue weighted by Gasteiger charge is 2.13. The molecule has 0 radical (unpaired) electrons. The number of hydrogen-bond acceptors (Lipinski definition) is 2. The fourth-order valence-electron chi connectivity index (χ4n) is 1.69. The van der Waals surface area contributed by atoms with Crippen LogP contribution < -0.4 is 0 Å². The molecule has 0 atom stereocenters. The molecular formula is C13H12ClNO2. The smallest absolute Gasteiger partial charge is 0.336 e. The minimum atomic E-state index is -0.943. The molecule has 2 rings (SSSR count). The van der Waals surface area contributed by atoms with E-state index in [0.717, 1.165) is 5.69 Å². The summed E-state index contributed by atoms with van der Waals surface area (Å²) in [6.45, 7) is 3.95. The molecule has 0 amide bonds. The van der Waals surface area contributed by atoms with Crippen molar-refractivity contribution < 1.29 is 9.90 Å². The van der Waals surface area contributed by atoms with Crippen LogP contribution >= 0.6 is 11.6 Å². The second kappa shape index (κ2) is 4.34. The molecule has 1 N–H and O–H groups in total. The Hall–Kier alpha value is -1.61. The number of pyridine rings is 1. The minimum Gasteiger partial charge on any atom is -0.478 e. The van der Waals surface area contributed by atoms with Gasteiger partial charge in [0, 0.05) is 16.1 Å². The Balaban J connectivity index is 2.81. The average Bonchev–Trinajstić information content (AvgIpc) is 2.26. The summed E-state index contributed by atoms with van der Waals surface area (Å²) in [5.41, 5.74) is 1.66. The Morgan fingerprint density at radius 1 is 1.35 bits per heavy atom. The van der Waals surface area contributed by atoms with Crippen LogP contribution in [0.1, 0.15) is 35.8 Å². The minimum absolute atomic E-state index is 0.177. The second-order valence-electron chi connectivity index (χ2n) is 4.22. The lowest BCUT2D eigenvalue weighted by Gasteiger charge is -2.09. The predicted octanol–water partition coefficient (Wildman–Crippen LogP) is 3.71. The van der Waals surface area contributed by atoms with E-state index in [1.165, 1.54) is 0 Å². The van der Waals surface area contributed by atoms with E-state index in [1.807, 2.05) is 13.8 Å². The summed E-state index contributed by atoms with van der Waals surface area (Å²) in [5.74, 6) is -0.766. The van der Waals surface area contributed by atoms with Gasteiger partial charge in [-0.1, -0.05) is 31.5 Å². The third-order valence-electron chi connectivity index (χ3n) is 2.61. The largest absolute Gasteiger partial charge is 0.478 e. The molecule has 1 aromatic carbocycles. The highest BCUT2D eigenvalue weighted by Crippen LogP contribution is 2.24. The van der Waals surface area contributed by atoms with Gasteiger partial charge in [0.15, 0.2) is 0 Å². The Morgan fingerprint density at radius 3 is 2.65 bits per heavy atom. The Labute approximate surface area is 104 Å². The first kappa shape index (κ1) is 11.9. The van der Waals surface area contributed by atoms with Crippen molar-refractivity contribution >= 4 is 28.5 Å². The molecule has 4 heteroatoms. The molecule has 0 bridgehead atoms. The molecule has 0 spiro atoms. The van der Waals surface area contributed by atoms with Crippen LogP contribution in [0.3, 0.4) is 0 Å². The molecule has 0 aliphatic rings. The van der Waals surface area contributed by atoms with Crippen LogP contribution in [0.5, 0.6) is 0 Å². The van der Waals surface area contributed by atoms with E-state index in [0.29, 0.717) is 15.9 Å². The summed E-state index contributed by atoms with van der Waals surface area (Å²) in [5, 5.41) is 10.4. The average molecular weight is 250 g/mol. The highest BCUT2D eigenvalue weighted by atomic mass is 35.5. The van der Waals surface area contributed by atoms with Crippen molar-refractivity contribution in [3.63, 3.8) is 0 Å². The molecular weight excluding hydrogens is 238 g/mol. The summed E-state index contributed by atoms with van der Waals surface area (Å²) in [6.07, 6.45) is 0. The zero-order valence-corrected chi connectivity index (χ0v) is 10.3. The lowest BCUT2D eigenvalue weighted by atomic mass is 10.0. The fourth-order valence-corrected chi connectivity index (χ4v) is 1.86. The maximum atomic E-state index is 11.2. The molecule has 88 valence electrons. The summed E-state index contributed by atoms with van der Waals surface area (Å²) in [6, 6.07) is 6.68. The van der Waals surface area contributed by atoms with Crippen LogP contribution in [0.4, 0.5) is 0 Å². The van der Waals surface area contributed by atoms with Crippen LogP contribution in [0.2, 0.25) is 5.02 Å². The van der Waals surface area contributed by atoms with Crippen molar-refractivity contribution in [1.29, 1.82) is 0 Å². The molecule has 0 saturated heterocycles. The van der Waals surface area contributed by atoms with Crippen molar-refractivity contribution in [2.45, 2.75) is 19.8 Å². The summed E-state index contributed by atoms with van der Waals surface area (Å²) < 4.78 is 0. The number of carboxylic acid groups (broad SMARTS) is 1. The number of fused-ring (bicyclic) bond motifs is 1. The summed E-state index contributed by atoms with van der Waals surface area (Å²) in [4.78, 5) is 15.6. The van der Waals surface area contributed by atoms with Crippen LogP contribution in [-0.2, 0) is 0 Å². The van der Waals surface area contributed by atoms with E-state index in [1.54, 1.807) is 24.3 Å². The van der Waals surface area contributed by atoms with Gasteiger partial charge in [-0.05, 0) is 24.1 Å². The van der Waals surface area contributed by atoms with Gasteiger partial charge >= 0.3 is 5.97 Å². The molecule has 0 unspecified atom stereocenters. The zero-order chi connectivity index (χ0) is 12.6. The van der Waals surface area contributed by atoms with Crippen molar-refractivity contribution in [3.8, 4) is 0 Å². The zero-order valence-electron chi connectivity index (χ0n) is 9.57. The number of hydrogen-bond donors (Lipinski definition) is 1. The number of aromatic carboxylic acids is 1. The lowest BCUT2D eigenvalue weighted by molar-refractivity contribution is 0.0699. The Morgan fingerprint density at radius 2 is 2.06 bits per heavy atom. The highest BCUT2D eigenvalue weighted by molar-refractivity contribution is 6.31. The van der Waals surface area contributed by atoms with E-state index in [-0.39, 0.29) is 11.5 Å². The number of nitrogens with zero attached hydrogens (tertiary/aromatic N) is 1. The molecule has 3 nitrogen and oxygen atoms in total. The van der Waals surface area contributed by atoms with Crippen LogP contribution in [0, 0.1) is 0 Å². The lowest BCUT2D eigenvalue weighted by Crippen LogP contribution is -2.03. The third-order valence-corrected chi connectivity index (χ3v) is 2.85. The van der Waals surface area contributed by atoms with Gasteiger partial charge in [-0.25, -0.2) is 4.79 Å². The third kappa shape index (κ3) is 2.24. The summed E-state index contributed by atoms with van der Waals surface area (Å²) in [7, 11) is 0. The van der Waals surface area contributed by atoms with E-state index in [2.05, 4.69) is 4.98 Å². The number of benzene rings is 1. The molecule has 0 saturated carbocycles. The number of carbonyl (C=O) groups is 1. The topological polar surface area (TPSA) is 50.2 Å². The molecule has 1 heterocycles. The van der Waals surface area contributed by atoms with E-state index < -0.39 is 5.97 Å². The van der Waals surface area contributed by atoms with Crippen LogP contribution in [-0.4, -0.2) is 16.1 Å². The fraction of sp³-hybridized carbons (Fsp3) is 0.231. The van der Waals surface area contributed by atoms with Gasteiger partial charge in [-0.3, -0.25) is 4.98 Å². The molecule has 2 aromatic rings. The van der Waals surface area contributed by atoms with Gasteiger partial charge in [-0.2, -0.15) is 0 Å². The first-order valence-electron chi connectivity index (χ1n) is 5.32. The molecule has 0 fully saturated rings. The Bertz CT molecular complexity index is 593. The first-order valence-corrected chi connectivity index (χ1v) is 5.70. The molecule has 0 aliphatic carbocycles. The maximum Gasteiger partial charge on any atom is 0.336 e. The number of carboxylic acids is 1. The first-order chi connectivity index (χ1) is 7.99. The molecule has 17 heavy (non-hydrogen) atoms. The molecule has 0 aliphatic heterocycles. The van der Waals surface area contributed by atoms with E-state index in [9.17, 15) is 9.90 Å².